The number of anilines is 2. The number of amides is 2. The number of hydrogen-bond donors (Lipinski definition) is 2. The number of rotatable bonds is 5. The molecule has 31 heavy (non-hydrogen) atoms. The number of hydrogen-bond acceptors (Lipinski definition) is 5. The highest BCUT2D eigenvalue weighted by Gasteiger charge is 2.34. The Balaban J connectivity index is 1.70. The van der Waals surface area contributed by atoms with Gasteiger partial charge in [-0.25, -0.2) is 4.68 Å². The lowest BCUT2D eigenvalue weighted by molar-refractivity contribution is -0.125. The third-order valence-corrected chi connectivity index (χ3v) is 5.42. The van der Waals surface area contributed by atoms with E-state index >= 15 is 0 Å². The number of carbonyl (C=O) groups excluding carboxylic acids is 2. The maximum Gasteiger partial charge on any atom is 0.249 e. The predicted octanol–water partition coefficient (Wildman–Crippen LogP) is 4.05. The third kappa shape index (κ3) is 3.94. The fraction of sp³-hybridized carbons (Fsp3) is 0.227. The summed E-state index contributed by atoms with van der Waals surface area (Å²) in [6, 6.07) is 11.5. The standard InChI is InChI=1S/C22H21ClN4O4/c1-12-20(13-4-6-14(23)7-5-13)26-27-17(11-19(28)25-21(12)27)22(29)24-16-10-15(30-2)8-9-18(16)31-3/h4-10,17H,11H2,1-3H3,(H,24,29)(H,25,28)/t17-/m1/s1. The summed E-state index contributed by atoms with van der Waals surface area (Å²) in [5.41, 5.74) is 2.73. The van der Waals surface area contributed by atoms with Gasteiger partial charge < -0.3 is 20.1 Å². The van der Waals surface area contributed by atoms with E-state index in [0.717, 1.165) is 11.1 Å². The van der Waals surface area contributed by atoms with Gasteiger partial charge in [0.15, 0.2) is 0 Å². The van der Waals surface area contributed by atoms with Gasteiger partial charge in [-0.1, -0.05) is 23.7 Å². The Morgan fingerprint density at radius 2 is 1.94 bits per heavy atom. The third-order valence-electron chi connectivity index (χ3n) is 5.16. The fourth-order valence-electron chi connectivity index (χ4n) is 3.55. The van der Waals surface area contributed by atoms with Gasteiger partial charge >= 0.3 is 0 Å². The lowest BCUT2D eigenvalue weighted by Gasteiger charge is -2.24. The monoisotopic (exact) mass is 440 g/mol. The first-order valence-electron chi connectivity index (χ1n) is 9.59. The Labute approximate surface area is 184 Å². The number of methoxy groups -OCH3 is 2. The first kappa shape index (κ1) is 20.7. The normalized spacial score (nSPS) is 15.1. The molecule has 4 rings (SSSR count). The van der Waals surface area contributed by atoms with Crippen LogP contribution in [0.15, 0.2) is 42.5 Å². The molecule has 2 N–H and O–H groups in total. The van der Waals surface area contributed by atoms with Gasteiger partial charge in [0.1, 0.15) is 23.4 Å². The molecule has 2 aromatic carbocycles. The minimum atomic E-state index is -0.820. The van der Waals surface area contributed by atoms with Crippen molar-refractivity contribution in [1.29, 1.82) is 0 Å². The van der Waals surface area contributed by atoms with Crippen molar-refractivity contribution in [2.45, 2.75) is 19.4 Å². The Bertz CT molecular complexity index is 1160. The molecule has 3 aromatic rings. The number of benzene rings is 2. The number of fused-ring (bicyclic) bond motifs is 1. The summed E-state index contributed by atoms with van der Waals surface area (Å²) >= 11 is 5.99. The molecule has 0 unspecified atom stereocenters. The van der Waals surface area contributed by atoms with Crippen LogP contribution in [-0.4, -0.2) is 35.8 Å². The highest BCUT2D eigenvalue weighted by molar-refractivity contribution is 6.30. The first-order chi connectivity index (χ1) is 14.9. The Morgan fingerprint density at radius 3 is 2.61 bits per heavy atom. The lowest BCUT2D eigenvalue weighted by Crippen LogP contribution is -2.36. The van der Waals surface area contributed by atoms with Crippen LogP contribution < -0.4 is 20.1 Å². The molecule has 0 fully saturated rings. The summed E-state index contributed by atoms with van der Waals surface area (Å²) in [5.74, 6) is 0.911. The van der Waals surface area contributed by atoms with Crippen LogP contribution in [0.5, 0.6) is 11.5 Å². The molecule has 0 saturated heterocycles. The van der Waals surface area contributed by atoms with E-state index in [1.165, 1.54) is 14.2 Å². The Morgan fingerprint density at radius 1 is 1.19 bits per heavy atom. The van der Waals surface area contributed by atoms with Crippen LogP contribution in [0, 0.1) is 6.92 Å². The molecule has 0 bridgehead atoms. The number of aromatic nitrogens is 2. The summed E-state index contributed by atoms with van der Waals surface area (Å²) in [5, 5.41) is 10.9. The predicted molar refractivity (Wildman–Crippen MR) is 118 cm³/mol. The van der Waals surface area contributed by atoms with E-state index in [9.17, 15) is 9.59 Å². The van der Waals surface area contributed by atoms with Gasteiger partial charge in [0.05, 0.1) is 32.0 Å². The van der Waals surface area contributed by atoms with Gasteiger partial charge in [-0.2, -0.15) is 5.10 Å². The smallest absolute Gasteiger partial charge is 0.249 e. The zero-order valence-electron chi connectivity index (χ0n) is 17.2. The molecule has 160 valence electrons. The molecule has 2 amide bonds. The molecule has 9 heteroatoms. The second-order valence-corrected chi connectivity index (χ2v) is 7.53. The molecule has 0 spiro atoms. The van der Waals surface area contributed by atoms with Crippen molar-refractivity contribution in [3.05, 3.63) is 53.1 Å². The zero-order chi connectivity index (χ0) is 22.1. The van der Waals surface area contributed by atoms with Gasteiger partial charge in [-0.15, -0.1) is 0 Å². The van der Waals surface area contributed by atoms with Crippen LogP contribution >= 0.6 is 11.6 Å². The van der Waals surface area contributed by atoms with Crippen molar-refractivity contribution in [3.63, 3.8) is 0 Å². The maximum atomic E-state index is 13.2. The van der Waals surface area contributed by atoms with E-state index in [2.05, 4.69) is 15.7 Å². The maximum absolute atomic E-state index is 13.2. The van der Waals surface area contributed by atoms with Crippen molar-refractivity contribution < 1.29 is 19.1 Å². The number of halogens is 1. The number of nitrogens with one attached hydrogen (secondary N) is 2. The van der Waals surface area contributed by atoms with Crippen LogP contribution in [0.25, 0.3) is 11.3 Å². The number of nitrogens with zero attached hydrogens (tertiary/aromatic N) is 2. The summed E-state index contributed by atoms with van der Waals surface area (Å²) in [6.07, 6.45) is -0.0354. The highest BCUT2D eigenvalue weighted by Crippen LogP contribution is 2.36. The summed E-state index contributed by atoms with van der Waals surface area (Å²) < 4.78 is 12.1. The van der Waals surface area contributed by atoms with Crippen molar-refractivity contribution in [1.82, 2.24) is 9.78 Å². The minimum Gasteiger partial charge on any atom is -0.497 e. The van der Waals surface area contributed by atoms with Crippen molar-refractivity contribution in [2.75, 3.05) is 24.9 Å². The van der Waals surface area contributed by atoms with E-state index in [4.69, 9.17) is 21.1 Å². The lowest BCUT2D eigenvalue weighted by atomic mass is 10.1. The molecule has 8 nitrogen and oxygen atoms in total. The van der Waals surface area contributed by atoms with Crippen LogP contribution in [-0.2, 0) is 9.59 Å². The number of carbonyl (C=O) groups is 2. The SMILES string of the molecule is COc1ccc(OC)c(NC(=O)[C@H]2CC(=O)Nc3c(C)c(-c4ccc(Cl)cc4)nn32)c1. The molecule has 2 heterocycles. The first-order valence-corrected chi connectivity index (χ1v) is 9.97. The Hall–Kier alpha value is -3.52. The number of ether oxygens (including phenoxy) is 2. The largest absolute Gasteiger partial charge is 0.497 e. The summed E-state index contributed by atoms with van der Waals surface area (Å²) in [6.45, 7) is 1.86. The van der Waals surface area contributed by atoms with E-state index in [-0.39, 0.29) is 18.2 Å². The minimum absolute atomic E-state index is 0.0354. The molecule has 1 aromatic heterocycles. The van der Waals surface area contributed by atoms with Gasteiger partial charge in [0, 0.05) is 22.2 Å². The van der Waals surface area contributed by atoms with Crippen LogP contribution in [0.4, 0.5) is 11.5 Å². The topological polar surface area (TPSA) is 94.5 Å². The van der Waals surface area contributed by atoms with E-state index < -0.39 is 6.04 Å². The molecular weight excluding hydrogens is 420 g/mol. The molecular formula is C22H21ClN4O4. The van der Waals surface area contributed by atoms with E-state index in [0.29, 0.717) is 33.7 Å². The van der Waals surface area contributed by atoms with Crippen LogP contribution in [0.2, 0.25) is 5.02 Å². The average Bonchev–Trinajstić information content (AvgIpc) is 3.10. The van der Waals surface area contributed by atoms with Crippen molar-refractivity contribution in [3.8, 4) is 22.8 Å². The van der Waals surface area contributed by atoms with Gasteiger partial charge in [-0.3, -0.25) is 9.59 Å². The van der Waals surface area contributed by atoms with Gasteiger partial charge in [0.25, 0.3) is 0 Å². The molecule has 1 aliphatic heterocycles. The highest BCUT2D eigenvalue weighted by atomic mass is 35.5. The summed E-state index contributed by atoms with van der Waals surface area (Å²) in [7, 11) is 3.05. The Kier molecular flexibility index (Phi) is 5.56. The quantitative estimate of drug-likeness (QED) is 0.624. The van der Waals surface area contributed by atoms with E-state index in [1.54, 1.807) is 35.0 Å². The van der Waals surface area contributed by atoms with E-state index in [1.807, 2.05) is 19.1 Å². The van der Waals surface area contributed by atoms with Crippen molar-refractivity contribution in [2.24, 2.45) is 0 Å². The van der Waals surface area contributed by atoms with Crippen LogP contribution in [0.3, 0.4) is 0 Å². The zero-order valence-corrected chi connectivity index (χ0v) is 18.0. The second-order valence-electron chi connectivity index (χ2n) is 7.10. The molecule has 0 aliphatic carbocycles. The molecule has 1 aliphatic rings. The van der Waals surface area contributed by atoms with Crippen LogP contribution in [0.1, 0.15) is 18.0 Å². The molecule has 1 atom stereocenters. The molecule has 0 saturated carbocycles. The molecule has 0 radical (unpaired) electrons. The second kappa shape index (κ2) is 8.31. The fourth-order valence-corrected chi connectivity index (χ4v) is 3.68. The van der Waals surface area contributed by atoms with Gasteiger partial charge in [0.2, 0.25) is 11.8 Å². The summed E-state index contributed by atoms with van der Waals surface area (Å²) in [4.78, 5) is 25.5. The average molecular weight is 441 g/mol. The van der Waals surface area contributed by atoms with Gasteiger partial charge in [-0.05, 0) is 31.2 Å². The van der Waals surface area contributed by atoms with Crippen molar-refractivity contribution >= 4 is 34.9 Å².